The summed E-state index contributed by atoms with van der Waals surface area (Å²) in [6.07, 6.45) is 0. The van der Waals surface area contributed by atoms with E-state index in [1.807, 2.05) is 36.4 Å². The van der Waals surface area contributed by atoms with E-state index in [1.54, 1.807) is 30.7 Å². The van der Waals surface area contributed by atoms with E-state index in [9.17, 15) is 13.0 Å². The number of benzene rings is 3. The third-order valence-corrected chi connectivity index (χ3v) is 4.38. The predicted octanol–water partition coefficient (Wildman–Crippen LogP) is 2.03. The Morgan fingerprint density at radius 2 is 1.55 bits per heavy atom. The van der Waals surface area contributed by atoms with Crippen molar-refractivity contribution in [3.05, 3.63) is 48.5 Å². The Kier molecular flexibility index (Phi) is 5.27. The van der Waals surface area contributed by atoms with Gasteiger partial charge in [0.05, 0.1) is 0 Å². The van der Waals surface area contributed by atoms with Gasteiger partial charge in [-0.3, -0.25) is 0 Å². The van der Waals surface area contributed by atoms with Crippen LogP contribution in [0.5, 0.6) is 0 Å². The van der Waals surface area contributed by atoms with E-state index in [1.165, 1.54) is 6.07 Å². The van der Waals surface area contributed by atoms with Crippen LogP contribution in [0.4, 0.5) is 0 Å². The molecule has 0 radical (unpaired) electrons. The molecule has 0 spiro atoms. The summed E-state index contributed by atoms with van der Waals surface area (Å²) in [5, 5.41) is 11.5. The van der Waals surface area contributed by atoms with Crippen molar-refractivity contribution in [2.45, 2.75) is 11.8 Å². The molecule has 0 aliphatic carbocycles. The molecular weight excluding hydrogens is 295 g/mol. The van der Waals surface area contributed by atoms with Crippen LogP contribution < -0.4 is 4.24 Å². The summed E-state index contributed by atoms with van der Waals surface area (Å²) in [6.45, 7) is 1.93. The van der Waals surface area contributed by atoms with Gasteiger partial charge in [-0.05, 0) is 6.92 Å². The van der Waals surface area contributed by atoms with Crippen LogP contribution in [0.3, 0.4) is 0 Å². The molecule has 3 aromatic carbocycles. The Morgan fingerprint density at radius 3 is 2.09 bits per heavy atom. The summed E-state index contributed by atoms with van der Waals surface area (Å²) in [6, 6.07) is 15.0. The Hall–Kier alpha value is -1.35. The van der Waals surface area contributed by atoms with Crippen LogP contribution in [0, 0.1) is 0 Å². The molecule has 0 heterocycles. The van der Waals surface area contributed by atoms with E-state index in [0.29, 0.717) is 4.24 Å². The maximum atomic E-state index is 11.3. The molecule has 0 saturated carbocycles. The molecule has 0 atom stereocenters. The Balaban J connectivity index is 0.000000545. The second-order valence-corrected chi connectivity index (χ2v) is 6.29. The van der Waals surface area contributed by atoms with Crippen molar-refractivity contribution in [2.24, 2.45) is 0 Å². The third kappa shape index (κ3) is 3.51. The van der Waals surface area contributed by atoms with Gasteiger partial charge in [0.15, 0.2) is 0 Å². The van der Waals surface area contributed by atoms with Gasteiger partial charge in [0, 0.05) is 6.61 Å². The Labute approximate surface area is 138 Å². The van der Waals surface area contributed by atoms with Crippen LogP contribution in [-0.4, -0.2) is 42.4 Å². The van der Waals surface area contributed by atoms with Gasteiger partial charge < -0.3 is 5.11 Å². The average molecular weight is 310 g/mol. The van der Waals surface area contributed by atoms with Crippen molar-refractivity contribution < 1.29 is 18.1 Å². The second-order valence-electron chi connectivity index (χ2n) is 4.90. The molecule has 110 valence electrons. The molecule has 0 aliphatic heterocycles. The van der Waals surface area contributed by atoms with Crippen molar-refractivity contribution in [1.29, 1.82) is 0 Å². The fraction of sp³-hybridized carbons (Fsp3) is 0.125. The van der Waals surface area contributed by atoms with E-state index in [0.717, 1.165) is 21.5 Å². The summed E-state index contributed by atoms with van der Waals surface area (Å²) >= 11 is 1.71. The quantitative estimate of drug-likeness (QED) is 0.410. The first-order chi connectivity index (χ1) is 10.4. The van der Waals surface area contributed by atoms with Gasteiger partial charge in [-0.1, -0.05) is 0 Å². The molecule has 3 aromatic rings. The topological polar surface area (TPSA) is 74.6 Å². The fourth-order valence-corrected chi connectivity index (χ4v) is 3.16. The standard InChI is InChI=1S/C14H9O3S.C2H6O.Li/c15-18(16,17)14-6-5-12-7-10-3-1-2-4-11(10)8-13(12)9-14;1-2-3;/h1-8H,(H,15,16,17);3H,2H2,1H3;. The fourth-order valence-electron chi connectivity index (χ4n) is 2.42. The van der Waals surface area contributed by atoms with E-state index in [-0.39, 0.29) is 11.5 Å². The normalized spacial score (nSPS) is 11.3. The van der Waals surface area contributed by atoms with Crippen LogP contribution >= 0.6 is 0 Å². The SMILES string of the molecule is CCO.[Li][c]1c(S(=O)(=O)O)ccc2cc3ccccc3cc12. The zero-order chi connectivity index (χ0) is 16.3. The van der Waals surface area contributed by atoms with Crippen LogP contribution in [-0.2, 0) is 10.1 Å². The van der Waals surface area contributed by atoms with Crippen molar-refractivity contribution >= 4 is 53.6 Å². The molecule has 0 saturated heterocycles. The average Bonchev–Trinajstić information content (AvgIpc) is 2.45. The van der Waals surface area contributed by atoms with Gasteiger partial charge in [-0.2, -0.15) is 0 Å². The van der Waals surface area contributed by atoms with Gasteiger partial charge in [0.2, 0.25) is 0 Å². The van der Waals surface area contributed by atoms with Crippen molar-refractivity contribution in [1.82, 2.24) is 0 Å². The minimum atomic E-state index is -4.18. The maximum absolute atomic E-state index is 11.3. The van der Waals surface area contributed by atoms with Gasteiger partial charge in [-0.25, -0.2) is 0 Å². The predicted molar refractivity (Wildman–Crippen MR) is 89.4 cm³/mol. The number of aliphatic hydroxyl groups excluding tert-OH is 1. The van der Waals surface area contributed by atoms with Crippen LogP contribution in [0.2, 0.25) is 0 Å². The van der Waals surface area contributed by atoms with E-state index in [4.69, 9.17) is 5.11 Å². The molecule has 22 heavy (non-hydrogen) atoms. The molecule has 2 N–H and O–H groups in total. The monoisotopic (exact) mass is 310 g/mol. The summed E-state index contributed by atoms with van der Waals surface area (Å²) in [5.41, 5.74) is 0. The number of fused-ring (bicyclic) bond motifs is 2. The molecule has 3 rings (SSSR count). The van der Waals surface area contributed by atoms with Gasteiger partial charge in [0.1, 0.15) is 0 Å². The minimum absolute atomic E-state index is 0.0321. The zero-order valence-corrected chi connectivity index (χ0v) is 13.3. The summed E-state index contributed by atoms with van der Waals surface area (Å²) < 4.78 is 32.4. The van der Waals surface area contributed by atoms with Crippen molar-refractivity contribution in [2.75, 3.05) is 6.61 Å². The van der Waals surface area contributed by atoms with Crippen LogP contribution in [0.25, 0.3) is 21.5 Å². The number of aliphatic hydroxyl groups is 1. The molecule has 0 aromatic heterocycles. The van der Waals surface area contributed by atoms with Gasteiger partial charge in [-0.15, -0.1) is 0 Å². The zero-order valence-electron chi connectivity index (χ0n) is 12.4. The van der Waals surface area contributed by atoms with Crippen LogP contribution in [0.1, 0.15) is 6.92 Å². The number of hydrogen-bond acceptors (Lipinski definition) is 3. The number of hydrogen-bond donors (Lipinski definition) is 2. The van der Waals surface area contributed by atoms with Crippen molar-refractivity contribution in [3.63, 3.8) is 0 Å². The molecule has 0 fully saturated rings. The second kappa shape index (κ2) is 6.82. The van der Waals surface area contributed by atoms with E-state index in [2.05, 4.69) is 0 Å². The van der Waals surface area contributed by atoms with E-state index >= 15 is 0 Å². The summed E-state index contributed by atoms with van der Waals surface area (Å²) in [4.78, 5) is -0.0321. The van der Waals surface area contributed by atoms with Gasteiger partial charge >= 0.3 is 120 Å². The van der Waals surface area contributed by atoms with Crippen molar-refractivity contribution in [3.8, 4) is 0 Å². The molecule has 6 heteroatoms. The molecule has 0 aliphatic rings. The van der Waals surface area contributed by atoms with E-state index < -0.39 is 10.1 Å². The Morgan fingerprint density at radius 1 is 1.00 bits per heavy atom. The Bertz CT molecular complexity index is 920. The molecule has 0 amide bonds. The van der Waals surface area contributed by atoms with Crippen LogP contribution in [0.15, 0.2) is 53.4 Å². The molecule has 0 bridgehead atoms. The molecular formula is C16H15LiO4S. The van der Waals surface area contributed by atoms with Gasteiger partial charge in [0.25, 0.3) is 0 Å². The third-order valence-electron chi connectivity index (χ3n) is 3.38. The first kappa shape index (κ1) is 17.0. The number of rotatable bonds is 1. The summed E-state index contributed by atoms with van der Waals surface area (Å²) in [5.74, 6) is 0. The first-order valence-corrected chi connectivity index (χ1v) is 8.33. The molecule has 0 unspecified atom stereocenters. The molecule has 4 nitrogen and oxygen atoms in total. The first-order valence-electron chi connectivity index (χ1n) is 6.89. The summed E-state index contributed by atoms with van der Waals surface area (Å²) in [7, 11) is -4.18.